The summed E-state index contributed by atoms with van der Waals surface area (Å²) in [5.74, 6) is 0.728. The summed E-state index contributed by atoms with van der Waals surface area (Å²) in [6.07, 6.45) is 3.83. The molecule has 0 N–H and O–H groups in total. The Morgan fingerprint density at radius 3 is 2.52 bits per heavy atom. The highest BCUT2D eigenvalue weighted by atomic mass is 16.5. The topological polar surface area (TPSA) is 62.7 Å². The van der Waals surface area contributed by atoms with Gasteiger partial charge in [-0.1, -0.05) is 30.3 Å². The Hall–Kier alpha value is -2.73. The molecular formula is C23H27N3O3. The van der Waals surface area contributed by atoms with Crippen LogP contribution >= 0.6 is 0 Å². The van der Waals surface area contributed by atoms with Crippen molar-refractivity contribution in [3.8, 4) is 0 Å². The van der Waals surface area contributed by atoms with E-state index in [-0.39, 0.29) is 30.4 Å². The van der Waals surface area contributed by atoms with Gasteiger partial charge >= 0.3 is 0 Å². The minimum atomic E-state index is -0.00659. The molecule has 1 aromatic carbocycles. The molecule has 3 heterocycles. The van der Waals surface area contributed by atoms with E-state index in [1.807, 2.05) is 47.1 Å². The highest BCUT2D eigenvalue weighted by molar-refractivity contribution is 5.80. The van der Waals surface area contributed by atoms with E-state index in [1.165, 1.54) is 0 Å². The summed E-state index contributed by atoms with van der Waals surface area (Å²) in [7, 11) is 0. The molecule has 2 aromatic rings. The molecule has 152 valence electrons. The van der Waals surface area contributed by atoms with Gasteiger partial charge in [-0.15, -0.1) is 0 Å². The molecule has 0 aliphatic carbocycles. The molecular weight excluding hydrogens is 366 g/mol. The molecule has 4 rings (SSSR count). The van der Waals surface area contributed by atoms with Gasteiger partial charge < -0.3 is 14.5 Å². The molecule has 6 nitrogen and oxygen atoms in total. The quantitative estimate of drug-likeness (QED) is 0.756. The third-order valence-corrected chi connectivity index (χ3v) is 6.01. The van der Waals surface area contributed by atoms with E-state index in [0.717, 1.165) is 11.1 Å². The van der Waals surface area contributed by atoms with E-state index in [0.29, 0.717) is 38.6 Å². The Bertz CT molecular complexity index is 843. The Morgan fingerprint density at radius 1 is 1.03 bits per heavy atom. The summed E-state index contributed by atoms with van der Waals surface area (Å²) < 4.78 is 5.38. The lowest BCUT2D eigenvalue weighted by atomic mass is 9.89. The smallest absolute Gasteiger partial charge is 0.249 e. The fourth-order valence-corrected chi connectivity index (χ4v) is 4.64. The second-order valence-corrected chi connectivity index (χ2v) is 7.79. The lowest BCUT2D eigenvalue weighted by molar-refractivity contribution is -0.137. The number of carbonyl (C=O) groups excluding carboxylic acids is 2. The largest absolute Gasteiger partial charge is 0.372 e. The van der Waals surface area contributed by atoms with Crippen molar-refractivity contribution in [2.24, 2.45) is 11.8 Å². The minimum Gasteiger partial charge on any atom is -0.372 e. The predicted octanol–water partition coefficient (Wildman–Crippen LogP) is 2.32. The van der Waals surface area contributed by atoms with Crippen molar-refractivity contribution in [1.82, 2.24) is 14.8 Å². The molecule has 1 aromatic heterocycles. The molecule has 2 saturated heterocycles. The van der Waals surface area contributed by atoms with E-state index in [1.54, 1.807) is 12.4 Å². The van der Waals surface area contributed by atoms with Gasteiger partial charge in [-0.3, -0.25) is 14.6 Å². The number of fused-ring (bicyclic) bond motifs is 1. The van der Waals surface area contributed by atoms with Crippen molar-refractivity contribution in [1.29, 1.82) is 0 Å². The van der Waals surface area contributed by atoms with Gasteiger partial charge in [0.05, 0.1) is 12.5 Å². The molecule has 2 fully saturated rings. The average molecular weight is 393 g/mol. The average Bonchev–Trinajstić information content (AvgIpc) is 3.31. The summed E-state index contributed by atoms with van der Waals surface area (Å²) in [6.45, 7) is 4.61. The van der Waals surface area contributed by atoms with Gasteiger partial charge in [-0.2, -0.15) is 0 Å². The van der Waals surface area contributed by atoms with Crippen molar-refractivity contribution in [2.75, 3.05) is 32.8 Å². The maximum Gasteiger partial charge on any atom is 0.249 e. The number of likely N-dealkylation sites (tertiary alicyclic amines) is 2. The number of carbonyl (C=O) groups is 2. The lowest BCUT2D eigenvalue weighted by Gasteiger charge is -2.30. The number of amides is 2. The second kappa shape index (κ2) is 8.74. The first kappa shape index (κ1) is 19.6. The molecule has 2 aliphatic rings. The van der Waals surface area contributed by atoms with E-state index in [2.05, 4.69) is 17.1 Å². The molecule has 0 unspecified atom stereocenters. The zero-order chi connectivity index (χ0) is 20.2. The van der Waals surface area contributed by atoms with Crippen LogP contribution < -0.4 is 0 Å². The minimum absolute atomic E-state index is 0.00659. The van der Waals surface area contributed by atoms with E-state index >= 15 is 0 Å². The zero-order valence-corrected chi connectivity index (χ0v) is 16.7. The van der Waals surface area contributed by atoms with Gasteiger partial charge in [0.2, 0.25) is 11.8 Å². The Labute approximate surface area is 171 Å². The van der Waals surface area contributed by atoms with Gasteiger partial charge in [0, 0.05) is 50.5 Å². The van der Waals surface area contributed by atoms with Crippen LogP contribution in [-0.4, -0.2) is 59.4 Å². The van der Waals surface area contributed by atoms with Gasteiger partial charge in [-0.25, -0.2) is 0 Å². The monoisotopic (exact) mass is 393 g/mol. The number of benzene rings is 1. The summed E-state index contributed by atoms with van der Waals surface area (Å²) in [5, 5.41) is 0. The van der Waals surface area contributed by atoms with Crippen molar-refractivity contribution < 1.29 is 14.3 Å². The molecule has 0 saturated carbocycles. The maximum atomic E-state index is 12.9. The first-order valence-electron chi connectivity index (χ1n) is 10.3. The molecule has 0 spiro atoms. The molecule has 6 heteroatoms. The third-order valence-electron chi connectivity index (χ3n) is 6.01. The number of hydrogen-bond acceptors (Lipinski definition) is 4. The van der Waals surface area contributed by atoms with Crippen LogP contribution in [0.15, 0.2) is 54.9 Å². The van der Waals surface area contributed by atoms with Crippen molar-refractivity contribution in [2.45, 2.75) is 19.4 Å². The third kappa shape index (κ3) is 4.17. The van der Waals surface area contributed by atoms with Crippen LogP contribution in [0.2, 0.25) is 0 Å². The fraction of sp³-hybridized carbons (Fsp3) is 0.435. The Kier molecular flexibility index (Phi) is 5.90. The Morgan fingerprint density at radius 2 is 1.79 bits per heavy atom. The normalized spacial score (nSPS) is 23.3. The van der Waals surface area contributed by atoms with Crippen LogP contribution in [0.25, 0.3) is 0 Å². The summed E-state index contributed by atoms with van der Waals surface area (Å²) in [4.78, 5) is 33.6. The zero-order valence-electron chi connectivity index (χ0n) is 16.7. The molecule has 29 heavy (non-hydrogen) atoms. The molecule has 2 aliphatic heterocycles. The first-order chi connectivity index (χ1) is 14.2. The van der Waals surface area contributed by atoms with Gasteiger partial charge in [-0.05, 0) is 30.2 Å². The predicted molar refractivity (Wildman–Crippen MR) is 109 cm³/mol. The summed E-state index contributed by atoms with van der Waals surface area (Å²) in [5.41, 5.74) is 2.11. The van der Waals surface area contributed by atoms with Crippen molar-refractivity contribution in [3.05, 3.63) is 66.0 Å². The number of hydrogen-bond donors (Lipinski definition) is 0. The van der Waals surface area contributed by atoms with Crippen LogP contribution in [0.4, 0.5) is 0 Å². The molecule has 2 amide bonds. The van der Waals surface area contributed by atoms with Gasteiger partial charge in [0.15, 0.2) is 0 Å². The molecule has 0 bridgehead atoms. The number of pyridine rings is 1. The Balaban J connectivity index is 1.50. The maximum absolute atomic E-state index is 12.9. The van der Waals surface area contributed by atoms with Crippen molar-refractivity contribution >= 4 is 11.8 Å². The highest BCUT2D eigenvalue weighted by Crippen LogP contribution is 2.45. The van der Waals surface area contributed by atoms with E-state index in [9.17, 15) is 9.59 Å². The number of ether oxygens (including phenoxy) is 1. The van der Waals surface area contributed by atoms with Gasteiger partial charge in [0.25, 0.3) is 0 Å². The molecule has 0 radical (unpaired) electrons. The molecule has 3 atom stereocenters. The van der Waals surface area contributed by atoms with Crippen LogP contribution in [0.3, 0.4) is 0 Å². The number of nitrogens with zero attached hydrogens (tertiary/aromatic N) is 3. The number of aromatic nitrogens is 1. The van der Waals surface area contributed by atoms with Crippen molar-refractivity contribution in [3.63, 3.8) is 0 Å². The number of rotatable bonds is 6. The standard InChI is InChI=1S/C23H27N3O3/c1-2-29-16-22(28)26-14-19-13-25(21(27)12-17-8-10-24-11-9-17)15-20(19)23(26)18-6-4-3-5-7-18/h3-11,19-20,23H,2,12-16H2,1H3/t19-,20-,23+/m0/s1. The van der Waals surface area contributed by atoms with E-state index < -0.39 is 0 Å². The SMILES string of the molecule is CCOCC(=O)N1C[C@@H]2CN(C(=O)Cc3ccncc3)C[C@@H]2[C@H]1c1ccccc1. The van der Waals surface area contributed by atoms with Crippen LogP contribution in [0, 0.1) is 11.8 Å². The first-order valence-corrected chi connectivity index (χ1v) is 10.3. The van der Waals surface area contributed by atoms with Gasteiger partial charge in [0.1, 0.15) is 6.61 Å². The second-order valence-electron chi connectivity index (χ2n) is 7.79. The lowest BCUT2D eigenvalue weighted by Crippen LogP contribution is -2.39. The van der Waals surface area contributed by atoms with Crippen LogP contribution in [-0.2, 0) is 20.7 Å². The summed E-state index contributed by atoms with van der Waals surface area (Å²) >= 11 is 0. The summed E-state index contributed by atoms with van der Waals surface area (Å²) in [6, 6.07) is 13.9. The van der Waals surface area contributed by atoms with Crippen LogP contribution in [0.1, 0.15) is 24.1 Å². The highest BCUT2D eigenvalue weighted by Gasteiger charge is 2.49. The van der Waals surface area contributed by atoms with Crippen LogP contribution in [0.5, 0.6) is 0 Å². The van der Waals surface area contributed by atoms with E-state index in [4.69, 9.17) is 4.74 Å². The fourth-order valence-electron chi connectivity index (χ4n) is 4.64.